The molecule has 0 aliphatic heterocycles. The van der Waals surface area contributed by atoms with E-state index in [1.807, 2.05) is 0 Å². The molecule has 1 atom stereocenters. The van der Waals surface area contributed by atoms with E-state index in [0.717, 1.165) is 25.0 Å². The van der Waals surface area contributed by atoms with Crippen LogP contribution in [0.3, 0.4) is 0 Å². The lowest BCUT2D eigenvalue weighted by Crippen LogP contribution is -2.15. The van der Waals surface area contributed by atoms with E-state index < -0.39 is 12.5 Å². The monoisotopic (exact) mass is 338 g/mol. The lowest BCUT2D eigenvalue weighted by molar-refractivity contribution is -0.0501. The maximum Gasteiger partial charge on any atom is 0.387 e. The fraction of sp³-hybridized carbons (Fsp3) is 0.375. The molecule has 23 heavy (non-hydrogen) atoms. The highest BCUT2D eigenvalue weighted by atomic mass is 32.1. The van der Waals surface area contributed by atoms with Gasteiger partial charge in [-0.15, -0.1) is 11.3 Å². The van der Waals surface area contributed by atoms with Crippen molar-refractivity contribution in [3.8, 4) is 5.75 Å². The number of para-hydroxylation sites is 1. The Labute approximate surface area is 136 Å². The minimum atomic E-state index is -2.97. The highest BCUT2D eigenvalue weighted by Gasteiger charge is 2.22. The van der Waals surface area contributed by atoms with Crippen LogP contribution in [0.1, 0.15) is 34.3 Å². The van der Waals surface area contributed by atoms with E-state index in [1.165, 1.54) is 34.4 Å². The number of alkyl halides is 2. The highest BCUT2D eigenvalue weighted by molar-refractivity contribution is 7.15. The summed E-state index contributed by atoms with van der Waals surface area (Å²) in [5.41, 5.74) is 1.09. The van der Waals surface area contributed by atoms with Crippen LogP contribution in [0.15, 0.2) is 24.3 Å². The van der Waals surface area contributed by atoms with Crippen LogP contribution in [0, 0.1) is 5.92 Å². The van der Waals surface area contributed by atoms with E-state index in [-0.39, 0.29) is 11.3 Å². The molecule has 1 aromatic heterocycles. The Morgan fingerprint density at radius 2 is 2.22 bits per heavy atom. The third-order valence-electron chi connectivity index (χ3n) is 3.75. The van der Waals surface area contributed by atoms with Crippen LogP contribution in [-0.2, 0) is 12.8 Å². The number of benzene rings is 1. The molecule has 3 rings (SSSR count). The Hall–Kier alpha value is -2.02. The standard InChI is InChI=1S/C16H16F2N2O2S/c1-9-6-7-11-13(8-9)23-16(19-11)20-14(21)10-4-2-3-5-12(10)22-15(17)18/h2-5,9,15H,6-8H2,1H3,(H,19,20,21). The van der Waals surface area contributed by atoms with Crippen LogP contribution in [0.25, 0.3) is 0 Å². The van der Waals surface area contributed by atoms with E-state index in [1.54, 1.807) is 6.07 Å². The number of rotatable bonds is 4. The van der Waals surface area contributed by atoms with E-state index in [0.29, 0.717) is 11.0 Å². The zero-order valence-electron chi connectivity index (χ0n) is 12.5. The summed E-state index contributed by atoms with van der Waals surface area (Å²) in [6, 6.07) is 5.93. The van der Waals surface area contributed by atoms with Crippen molar-refractivity contribution >= 4 is 22.4 Å². The molecule has 1 N–H and O–H groups in total. The Morgan fingerprint density at radius 1 is 1.43 bits per heavy atom. The maximum atomic E-state index is 12.4. The van der Waals surface area contributed by atoms with Crippen molar-refractivity contribution in [2.24, 2.45) is 5.92 Å². The smallest absolute Gasteiger partial charge is 0.387 e. The molecule has 0 saturated heterocycles. The Kier molecular flexibility index (Phi) is 4.56. The molecular weight excluding hydrogens is 322 g/mol. The molecule has 0 saturated carbocycles. The number of ether oxygens (including phenoxy) is 1. The van der Waals surface area contributed by atoms with Crippen LogP contribution < -0.4 is 10.1 Å². The zero-order valence-corrected chi connectivity index (χ0v) is 13.3. The number of hydrogen-bond donors (Lipinski definition) is 1. The van der Waals surface area contributed by atoms with E-state index in [9.17, 15) is 13.6 Å². The van der Waals surface area contributed by atoms with Gasteiger partial charge in [-0.2, -0.15) is 8.78 Å². The van der Waals surface area contributed by atoms with Crippen LogP contribution in [0.4, 0.5) is 13.9 Å². The first kappa shape index (κ1) is 15.9. The fourth-order valence-electron chi connectivity index (χ4n) is 2.61. The van der Waals surface area contributed by atoms with Crippen molar-refractivity contribution < 1.29 is 18.3 Å². The van der Waals surface area contributed by atoms with Crippen molar-refractivity contribution in [1.29, 1.82) is 0 Å². The molecule has 0 bridgehead atoms. The van der Waals surface area contributed by atoms with Crippen molar-refractivity contribution in [3.05, 3.63) is 40.4 Å². The molecule has 7 heteroatoms. The van der Waals surface area contributed by atoms with Crippen LogP contribution in [-0.4, -0.2) is 17.5 Å². The topological polar surface area (TPSA) is 51.2 Å². The van der Waals surface area contributed by atoms with Gasteiger partial charge in [-0.3, -0.25) is 10.1 Å². The largest absolute Gasteiger partial charge is 0.434 e. The molecular formula is C16H16F2N2O2S. The van der Waals surface area contributed by atoms with Gasteiger partial charge in [-0.05, 0) is 37.3 Å². The summed E-state index contributed by atoms with van der Waals surface area (Å²) < 4.78 is 29.2. The Morgan fingerprint density at radius 3 is 3.00 bits per heavy atom. The van der Waals surface area contributed by atoms with Crippen LogP contribution in [0.5, 0.6) is 5.75 Å². The molecule has 4 nitrogen and oxygen atoms in total. The van der Waals surface area contributed by atoms with Crippen molar-refractivity contribution in [2.45, 2.75) is 32.8 Å². The molecule has 1 heterocycles. The third kappa shape index (κ3) is 3.67. The second kappa shape index (κ2) is 6.62. The van der Waals surface area contributed by atoms with Gasteiger partial charge >= 0.3 is 6.61 Å². The second-order valence-corrected chi connectivity index (χ2v) is 6.65. The van der Waals surface area contributed by atoms with Gasteiger partial charge in [-0.1, -0.05) is 19.1 Å². The van der Waals surface area contributed by atoms with Gasteiger partial charge < -0.3 is 4.74 Å². The van der Waals surface area contributed by atoms with E-state index in [4.69, 9.17) is 0 Å². The van der Waals surface area contributed by atoms with Crippen molar-refractivity contribution in [3.63, 3.8) is 0 Å². The lowest BCUT2D eigenvalue weighted by atomic mass is 9.93. The van der Waals surface area contributed by atoms with E-state index >= 15 is 0 Å². The van der Waals surface area contributed by atoms with Gasteiger partial charge in [0, 0.05) is 4.88 Å². The van der Waals surface area contributed by atoms with Gasteiger partial charge in [0.05, 0.1) is 11.3 Å². The predicted molar refractivity (Wildman–Crippen MR) is 84.3 cm³/mol. The molecule has 1 amide bonds. The zero-order chi connectivity index (χ0) is 16.4. The van der Waals surface area contributed by atoms with Gasteiger partial charge in [0.1, 0.15) is 5.75 Å². The number of carbonyl (C=O) groups is 1. The summed E-state index contributed by atoms with van der Waals surface area (Å²) >= 11 is 1.45. The lowest BCUT2D eigenvalue weighted by Gasteiger charge is -2.15. The number of aryl methyl sites for hydroxylation is 1. The minimum absolute atomic E-state index is 0.0642. The first-order chi connectivity index (χ1) is 11.0. The van der Waals surface area contributed by atoms with Gasteiger partial charge in [0.25, 0.3) is 5.91 Å². The summed E-state index contributed by atoms with van der Waals surface area (Å²) in [4.78, 5) is 18.0. The minimum Gasteiger partial charge on any atom is -0.434 e. The fourth-order valence-corrected chi connectivity index (χ4v) is 3.78. The number of anilines is 1. The summed E-state index contributed by atoms with van der Waals surface area (Å²) in [5.74, 6) is -0.0259. The SMILES string of the molecule is CC1CCc2nc(NC(=O)c3ccccc3OC(F)F)sc2C1. The molecule has 1 aromatic carbocycles. The van der Waals surface area contributed by atoms with Gasteiger partial charge in [0.2, 0.25) is 0 Å². The maximum absolute atomic E-state index is 12.4. The number of nitrogens with zero attached hydrogens (tertiary/aromatic N) is 1. The van der Waals surface area contributed by atoms with Crippen molar-refractivity contribution in [1.82, 2.24) is 4.98 Å². The molecule has 1 aliphatic rings. The number of aromatic nitrogens is 1. The normalized spacial score (nSPS) is 17.0. The molecule has 2 aromatic rings. The summed E-state index contributed by atoms with van der Waals surface area (Å²) in [5, 5.41) is 3.19. The average molecular weight is 338 g/mol. The number of fused-ring (bicyclic) bond motifs is 1. The number of thiazole rings is 1. The number of hydrogen-bond acceptors (Lipinski definition) is 4. The Bertz CT molecular complexity index is 718. The number of amides is 1. The first-order valence-electron chi connectivity index (χ1n) is 7.36. The van der Waals surface area contributed by atoms with Crippen LogP contribution >= 0.6 is 11.3 Å². The molecule has 0 radical (unpaired) electrons. The van der Waals surface area contributed by atoms with Gasteiger partial charge in [-0.25, -0.2) is 4.98 Å². The molecule has 0 fully saturated rings. The Balaban J connectivity index is 1.77. The molecule has 1 unspecified atom stereocenters. The molecule has 0 spiro atoms. The number of nitrogens with one attached hydrogen (secondary N) is 1. The number of carbonyl (C=O) groups excluding carboxylic acids is 1. The van der Waals surface area contributed by atoms with E-state index in [2.05, 4.69) is 22.0 Å². The molecule has 122 valence electrons. The highest BCUT2D eigenvalue weighted by Crippen LogP contribution is 2.32. The predicted octanol–water partition coefficient (Wildman–Crippen LogP) is 4.12. The summed E-state index contributed by atoms with van der Waals surface area (Å²) in [6.45, 7) is -0.781. The van der Waals surface area contributed by atoms with Crippen molar-refractivity contribution in [2.75, 3.05) is 5.32 Å². The summed E-state index contributed by atoms with van der Waals surface area (Å²) in [6.07, 6.45) is 2.97. The number of halogens is 2. The summed E-state index contributed by atoms with van der Waals surface area (Å²) in [7, 11) is 0. The quantitative estimate of drug-likeness (QED) is 0.912. The third-order valence-corrected chi connectivity index (χ3v) is 4.79. The average Bonchev–Trinajstić information content (AvgIpc) is 2.88. The first-order valence-corrected chi connectivity index (χ1v) is 8.18. The van der Waals surface area contributed by atoms with Crippen LogP contribution in [0.2, 0.25) is 0 Å². The van der Waals surface area contributed by atoms with Gasteiger partial charge in [0.15, 0.2) is 5.13 Å². The second-order valence-electron chi connectivity index (χ2n) is 5.57. The molecule has 1 aliphatic carbocycles.